The standard InChI is InChI=1S/C14H14F3NO4/c15-14(16,17)10-6-9(12(19)20)11(10)18-13(21)22-7-8-4-2-1-3-5-8/h1-5,9-11H,6-7H2,(H,18,21)(H,19,20)/t9-,10-,11-/m1/s1. The number of rotatable bonds is 4. The Kier molecular flexibility index (Phi) is 4.58. The average Bonchev–Trinajstić information content (AvgIpc) is 2.40. The van der Waals surface area contributed by atoms with Gasteiger partial charge in [-0.2, -0.15) is 13.2 Å². The molecule has 3 atom stereocenters. The van der Waals surface area contributed by atoms with Gasteiger partial charge in [-0.05, 0) is 12.0 Å². The first-order chi connectivity index (χ1) is 10.3. The van der Waals surface area contributed by atoms with E-state index in [4.69, 9.17) is 9.84 Å². The highest BCUT2D eigenvalue weighted by molar-refractivity contribution is 5.75. The van der Waals surface area contributed by atoms with E-state index in [9.17, 15) is 22.8 Å². The van der Waals surface area contributed by atoms with Crippen LogP contribution in [0.25, 0.3) is 0 Å². The summed E-state index contributed by atoms with van der Waals surface area (Å²) in [5.74, 6) is -4.48. The van der Waals surface area contributed by atoms with Crippen LogP contribution in [-0.2, 0) is 16.1 Å². The van der Waals surface area contributed by atoms with Crippen LogP contribution in [0.1, 0.15) is 12.0 Å². The second-order valence-corrected chi connectivity index (χ2v) is 5.06. The SMILES string of the molecule is O=C(N[C@H]1[C@H](C(F)(F)F)C[C@H]1C(=O)O)OCc1ccccc1. The largest absolute Gasteiger partial charge is 0.481 e. The molecule has 0 saturated heterocycles. The van der Waals surface area contributed by atoms with E-state index in [1.54, 1.807) is 30.3 Å². The van der Waals surface area contributed by atoms with Crippen molar-refractivity contribution in [2.24, 2.45) is 11.8 Å². The van der Waals surface area contributed by atoms with Crippen LogP contribution in [0.5, 0.6) is 0 Å². The Morgan fingerprint density at radius 2 is 1.91 bits per heavy atom. The van der Waals surface area contributed by atoms with Crippen molar-refractivity contribution in [2.45, 2.75) is 25.2 Å². The van der Waals surface area contributed by atoms with Gasteiger partial charge in [-0.3, -0.25) is 4.79 Å². The van der Waals surface area contributed by atoms with E-state index >= 15 is 0 Å². The highest BCUT2D eigenvalue weighted by Gasteiger charge is 2.58. The Labute approximate surface area is 124 Å². The summed E-state index contributed by atoms with van der Waals surface area (Å²) in [6.45, 7) is -0.103. The Morgan fingerprint density at radius 3 is 2.45 bits per heavy atom. The zero-order valence-electron chi connectivity index (χ0n) is 11.3. The topological polar surface area (TPSA) is 75.6 Å². The van der Waals surface area contributed by atoms with E-state index in [0.29, 0.717) is 5.56 Å². The lowest BCUT2D eigenvalue weighted by Crippen LogP contribution is -2.60. The first-order valence-corrected chi connectivity index (χ1v) is 6.56. The lowest BCUT2D eigenvalue weighted by molar-refractivity contribution is -0.217. The number of carboxylic acids is 1. The van der Waals surface area contributed by atoms with Crippen molar-refractivity contribution in [1.29, 1.82) is 0 Å². The summed E-state index contributed by atoms with van der Waals surface area (Å²) in [6, 6.07) is 7.10. The van der Waals surface area contributed by atoms with Crippen molar-refractivity contribution in [2.75, 3.05) is 0 Å². The summed E-state index contributed by atoms with van der Waals surface area (Å²) in [7, 11) is 0. The number of carboxylic acid groups (broad SMARTS) is 1. The molecule has 8 heteroatoms. The number of hydrogen-bond donors (Lipinski definition) is 2. The minimum absolute atomic E-state index is 0.103. The van der Waals surface area contributed by atoms with Crippen molar-refractivity contribution >= 4 is 12.1 Å². The number of ether oxygens (including phenoxy) is 1. The lowest BCUT2D eigenvalue weighted by atomic mass is 9.69. The average molecular weight is 317 g/mol. The van der Waals surface area contributed by atoms with E-state index in [1.165, 1.54) is 0 Å². The van der Waals surface area contributed by atoms with Gasteiger partial charge >= 0.3 is 18.2 Å². The lowest BCUT2D eigenvalue weighted by Gasteiger charge is -2.42. The molecule has 1 fully saturated rings. The fourth-order valence-corrected chi connectivity index (χ4v) is 2.35. The van der Waals surface area contributed by atoms with Crippen molar-refractivity contribution in [3.05, 3.63) is 35.9 Å². The minimum atomic E-state index is -4.55. The van der Waals surface area contributed by atoms with Gasteiger partial charge in [0.1, 0.15) is 6.61 Å². The molecular weight excluding hydrogens is 303 g/mol. The molecule has 5 nitrogen and oxygen atoms in total. The van der Waals surface area contributed by atoms with Crippen LogP contribution in [0.2, 0.25) is 0 Å². The molecule has 0 heterocycles. The second kappa shape index (κ2) is 6.25. The highest BCUT2D eigenvalue weighted by atomic mass is 19.4. The molecule has 0 unspecified atom stereocenters. The molecule has 0 spiro atoms. The summed E-state index contributed by atoms with van der Waals surface area (Å²) in [6.07, 6.45) is -6.15. The molecule has 22 heavy (non-hydrogen) atoms. The van der Waals surface area contributed by atoms with Gasteiger partial charge in [-0.15, -0.1) is 0 Å². The Bertz CT molecular complexity index is 547. The molecule has 0 bridgehead atoms. The van der Waals surface area contributed by atoms with E-state index in [-0.39, 0.29) is 6.61 Å². The number of nitrogens with one attached hydrogen (secondary N) is 1. The van der Waals surface area contributed by atoms with Crippen LogP contribution in [0.3, 0.4) is 0 Å². The smallest absolute Gasteiger partial charge is 0.407 e. The van der Waals surface area contributed by atoms with Gasteiger partial charge < -0.3 is 15.2 Å². The van der Waals surface area contributed by atoms with Gasteiger partial charge in [0, 0.05) is 0 Å². The summed E-state index contributed by atoms with van der Waals surface area (Å²) in [4.78, 5) is 22.4. The Balaban J connectivity index is 1.91. The van der Waals surface area contributed by atoms with Gasteiger partial charge in [-0.1, -0.05) is 30.3 Å². The quantitative estimate of drug-likeness (QED) is 0.895. The van der Waals surface area contributed by atoms with E-state index in [2.05, 4.69) is 0 Å². The molecule has 1 aromatic rings. The van der Waals surface area contributed by atoms with Crippen LogP contribution in [0.4, 0.5) is 18.0 Å². The van der Waals surface area contributed by atoms with Crippen molar-refractivity contribution in [1.82, 2.24) is 5.32 Å². The summed E-state index contributed by atoms with van der Waals surface area (Å²) in [5, 5.41) is 10.9. The maximum atomic E-state index is 12.7. The molecule has 0 radical (unpaired) electrons. The third-order valence-corrected chi connectivity index (χ3v) is 3.61. The van der Waals surface area contributed by atoms with Crippen LogP contribution in [0.15, 0.2) is 30.3 Å². The predicted octanol–water partition coefficient (Wildman–Crippen LogP) is 2.56. The summed E-state index contributed by atoms with van der Waals surface area (Å²) < 4.78 is 42.9. The molecule has 1 saturated carbocycles. The predicted molar refractivity (Wildman–Crippen MR) is 68.8 cm³/mol. The number of benzene rings is 1. The summed E-state index contributed by atoms with van der Waals surface area (Å²) >= 11 is 0. The third-order valence-electron chi connectivity index (χ3n) is 3.61. The number of alkyl halides is 3. The van der Waals surface area contributed by atoms with Crippen LogP contribution in [0, 0.1) is 11.8 Å². The number of aliphatic carboxylic acids is 1. The first-order valence-electron chi connectivity index (χ1n) is 6.56. The molecular formula is C14H14F3NO4. The maximum absolute atomic E-state index is 12.7. The maximum Gasteiger partial charge on any atom is 0.407 e. The van der Waals surface area contributed by atoms with E-state index in [1.807, 2.05) is 5.32 Å². The summed E-state index contributed by atoms with van der Waals surface area (Å²) in [5.41, 5.74) is 0.674. The molecule has 0 aromatic heterocycles. The van der Waals surface area contributed by atoms with Crippen LogP contribution < -0.4 is 5.32 Å². The Hall–Kier alpha value is -2.25. The van der Waals surface area contributed by atoms with Gasteiger partial charge in [0.05, 0.1) is 17.9 Å². The molecule has 0 aliphatic heterocycles. The van der Waals surface area contributed by atoms with Gasteiger partial charge in [0.25, 0.3) is 0 Å². The van der Waals surface area contributed by atoms with Gasteiger partial charge in [-0.25, -0.2) is 4.79 Å². The molecule has 1 aliphatic rings. The molecule has 120 valence electrons. The van der Waals surface area contributed by atoms with Gasteiger partial charge in [0.2, 0.25) is 0 Å². The van der Waals surface area contributed by atoms with E-state index < -0.39 is 42.5 Å². The third kappa shape index (κ3) is 3.69. The van der Waals surface area contributed by atoms with Crippen molar-refractivity contribution < 1.29 is 32.6 Å². The zero-order valence-corrected chi connectivity index (χ0v) is 11.3. The number of amides is 1. The van der Waals surface area contributed by atoms with Crippen LogP contribution >= 0.6 is 0 Å². The first kappa shape index (κ1) is 16.1. The number of alkyl carbamates (subject to hydrolysis) is 1. The number of halogens is 3. The number of carbonyl (C=O) groups is 2. The van der Waals surface area contributed by atoms with Gasteiger partial charge in [0.15, 0.2) is 0 Å². The number of carbonyl (C=O) groups excluding carboxylic acids is 1. The highest BCUT2D eigenvalue weighted by Crippen LogP contribution is 2.45. The fraction of sp³-hybridized carbons (Fsp3) is 0.429. The Morgan fingerprint density at radius 1 is 1.27 bits per heavy atom. The van der Waals surface area contributed by atoms with Crippen LogP contribution in [-0.4, -0.2) is 29.4 Å². The molecule has 1 aromatic carbocycles. The fourth-order valence-electron chi connectivity index (χ4n) is 2.35. The van der Waals surface area contributed by atoms with Crippen molar-refractivity contribution in [3.8, 4) is 0 Å². The molecule has 1 amide bonds. The normalized spacial score (nSPS) is 24.2. The van der Waals surface area contributed by atoms with E-state index in [0.717, 1.165) is 0 Å². The monoisotopic (exact) mass is 317 g/mol. The zero-order chi connectivity index (χ0) is 16.3. The molecule has 2 rings (SSSR count). The number of hydrogen-bond acceptors (Lipinski definition) is 3. The minimum Gasteiger partial charge on any atom is -0.481 e. The van der Waals surface area contributed by atoms with Crippen molar-refractivity contribution in [3.63, 3.8) is 0 Å². The molecule has 2 N–H and O–H groups in total. The molecule has 1 aliphatic carbocycles. The second-order valence-electron chi connectivity index (χ2n) is 5.06.